The Morgan fingerprint density at radius 1 is 1.25 bits per heavy atom. The van der Waals surface area contributed by atoms with Crippen molar-refractivity contribution in [2.45, 2.75) is 27.3 Å². The topological polar surface area (TPSA) is 48.4 Å². The van der Waals surface area contributed by atoms with Crippen LogP contribution in [-0.2, 0) is 11.3 Å². The highest BCUT2D eigenvalue weighted by molar-refractivity contribution is 5.97. The molecule has 2 N–H and O–H groups in total. The zero-order valence-electron chi connectivity index (χ0n) is 12.7. The molecule has 0 radical (unpaired) electrons. The number of para-hydroxylation sites is 1. The number of rotatable bonds is 3. The van der Waals surface area contributed by atoms with Crippen LogP contribution in [0.2, 0.25) is 0 Å². The Bertz CT molecular complexity index is 459. The lowest BCUT2D eigenvalue weighted by Crippen LogP contribution is -2.36. The van der Waals surface area contributed by atoms with Gasteiger partial charge in [0.15, 0.2) is 0 Å². The quantitative estimate of drug-likeness (QED) is 0.658. The summed E-state index contributed by atoms with van der Waals surface area (Å²) in [6, 6.07) is 8.26. The molecule has 110 valence electrons. The molecule has 1 fully saturated rings. The molecule has 4 heteroatoms. The van der Waals surface area contributed by atoms with Crippen molar-refractivity contribution >= 4 is 11.5 Å². The predicted octanol–water partition coefficient (Wildman–Crippen LogP) is 2.95. The van der Waals surface area contributed by atoms with Gasteiger partial charge in [-0.1, -0.05) is 39.0 Å². The summed E-state index contributed by atoms with van der Waals surface area (Å²) in [6.07, 6.45) is 0. The van der Waals surface area contributed by atoms with Crippen LogP contribution in [0.15, 0.2) is 24.3 Å². The summed E-state index contributed by atoms with van der Waals surface area (Å²) in [4.78, 5) is 2.39. The zero-order chi connectivity index (χ0) is 14.6. The average Bonchev–Trinajstić information content (AvgIpc) is 2.41. The van der Waals surface area contributed by atoms with E-state index in [0.29, 0.717) is 5.84 Å². The van der Waals surface area contributed by atoms with Gasteiger partial charge in [0.05, 0.1) is 13.2 Å². The van der Waals surface area contributed by atoms with E-state index in [2.05, 4.69) is 28.4 Å². The lowest BCUT2D eigenvalue weighted by atomic mass is 9.94. The van der Waals surface area contributed by atoms with Crippen LogP contribution in [0.5, 0.6) is 0 Å². The first-order chi connectivity index (χ1) is 9.47. The Hall–Kier alpha value is -1.39. The Kier molecular flexibility index (Phi) is 4.78. The molecule has 0 saturated carbocycles. The van der Waals surface area contributed by atoms with Gasteiger partial charge in [-0.05, 0) is 11.6 Å². The third-order valence-corrected chi connectivity index (χ3v) is 3.52. The van der Waals surface area contributed by atoms with Crippen LogP contribution in [0.25, 0.3) is 0 Å². The van der Waals surface area contributed by atoms with Gasteiger partial charge in [-0.25, -0.2) is 0 Å². The maximum Gasteiger partial charge on any atom is 0.103 e. The molecule has 0 aromatic heterocycles. The summed E-state index contributed by atoms with van der Waals surface area (Å²) in [5.74, 6) is 0.548. The van der Waals surface area contributed by atoms with Gasteiger partial charge in [0, 0.05) is 30.7 Å². The summed E-state index contributed by atoms with van der Waals surface area (Å²) in [7, 11) is 0. The van der Waals surface area contributed by atoms with Gasteiger partial charge in [0.2, 0.25) is 0 Å². The summed E-state index contributed by atoms with van der Waals surface area (Å²) in [5, 5.41) is 11.4. The van der Waals surface area contributed by atoms with E-state index in [9.17, 15) is 0 Å². The van der Waals surface area contributed by atoms with Crippen molar-refractivity contribution in [2.75, 3.05) is 31.6 Å². The summed E-state index contributed by atoms with van der Waals surface area (Å²) in [5.41, 5.74) is 2.12. The molecule has 0 unspecified atom stereocenters. The molecule has 1 aliphatic rings. The molecule has 1 aliphatic heterocycles. The van der Waals surface area contributed by atoms with E-state index < -0.39 is 0 Å². The molecule has 1 heterocycles. The predicted molar refractivity (Wildman–Crippen MR) is 83.3 cm³/mol. The number of benzene rings is 1. The second-order valence-electron chi connectivity index (χ2n) is 6.30. The summed E-state index contributed by atoms with van der Waals surface area (Å²) >= 11 is 0. The van der Waals surface area contributed by atoms with E-state index in [-0.39, 0.29) is 5.41 Å². The van der Waals surface area contributed by atoms with E-state index in [4.69, 9.17) is 10.1 Å². The van der Waals surface area contributed by atoms with Gasteiger partial charge in [0.25, 0.3) is 0 Å². The molecule has 1 saturated heterocycles. The van der Waals surface area contributed by atoms with Crippen molar-refractivity contribution < 1.29 is 4.74 Å². The van der Waals surface area contributed by atoms with Crippen LogP contribution < -0.4 is 5.32 Å². The summed E-state index contributed by atoms with van der Waals surface area (Å²) < 4.78 is 5.39. The van der Waals surface area contributed by atoms with Gasteiger partial charge in [-0.3, -0.25) is 10.3 Å². The van der Waals surface area contributed by atoms with Crippen molar-refractivity contribution in [2.24, 2.45) is 5.41 Å². The van der Waals surface area contributed by atoms with E-state index in [1.54, 1.807) is 0 Å². The Morgan fingerprint density at radius 3 is 2.55 bits per heavy atom. The normalized spacial score (nSPS) is 16.9. The third-order valence-electron chi connectivity index (χ3n) is 3.52. The van der Waals surface area contributed by atoms with Gasteiger partial charge >= 0.3 is 0 Å². The van der Waals surface area contributed by atoms with Crippen molar-refractivity contribution in [3.8, 4) is 0 Å². The highest BCUT2D eigenvalue weighted by Gasteiger charge is 2.19. The van der Waals surface area contributed by atoms with Crippen molar-refractivity contribution in [1.82, 2.24) is 4.90 Å². The second-order valence-corrected chi connectivity index (χ2v) is 6.30. The largest absolute Gasteiger partial charge is 0.379 e. The smallest absolute Gasteiger partial charge is 0.103 e. The molecular formula is C16H25N3O. The second kappa shape index (κ2) is 6.37. The minimum Gasteiger partial charge on any atom is -0.379 e. The van der Waals surface area contributed by atoms with E-state index in [0.717, 1.165) is 38.5 Å². The molecule has 2 rings (SSSR count). The first kappa shape index (κ1) is 15.0. The fourth-order valence-corrected chi connectivity index (χ4v) is 2.10. The number of amidine groups is 1. The van der Waals surface area contributed by atoms with Crippen LogP contribution in [-0.4, -0.2) is 37.0 Å². The molecule has 20 heavy (non-hydrogen) atoms. The fourth-order valence-electron chi connectivity index (χ4n) is 2.10. The van der Waals surface area contributed by atoms with Crippen LogP contribution in [0.1, 0.15) is 26.3 Å². The maximum absolute atomic E-state index is 8.15. The van der Waals surface area contributed by atoms with Crippen molar-refractivity contribution in [1.29, 1.82) is 5.41 Å². The maximum atomic E-state index is 8.15. The molecule has 0 atom stereocenters. The Balaban J connectivity index is 2.07. The third kappa shape index (κ3) is 4.05. The number of ether oxygens (including phenoxy) is 1. The number of anilines is 1. The van der Waals surface area contributed by atoms with Gasteiger partial charge in [-0.15, -0.1) is 0 Å². The van der Waals surface area contributed by atoms with Gasteiger partial charge in [0.1, 0.15) is 5.84 Å². The lowest BCUT2D eigenvalue weighted by Gasteiger charge is -2.28. The SMILES string of the molecule is CC(C)(C)C(=N)Nc1ccccc1CN1CCOCC1. The first-order valence-corrected chi connectivity index (χ1v) is 7.21. The lowest BCUT2D eigenvalue weighted by molar-refractivity contribution is 0.0343. The highest BCUT2D eigenvalue weighted by atomic mass is 16.5. The van der Waals surface area contributed by atoms with E-state index in [1.807, 2.05) is 26.8 Å². The number of nitrogens with one attached hydrogen (secondary N) is 2. The Morgan fingerprint density at radius 2 is 1.90 bits per heavy atom. The molecule has 1 aromatic carbocycles. The Labute approximate surface area is 121 Å². The van der Waals surface area contributed by atoms with Crippen LogP contribution in [0, 0.1) is 10.8 Å². The van der Waals surface area contributed by atoms with Crippen LogP contribution in [0.4, 0.5) is 5.69 Å². The fraction of sp³-hybridized carbons (Fsp3) is 0.562. The number of nitrogens with zero attached hydrogens (tertiary/aromatic N) is 1. The minimum atomic E-state index is -0.161. The molecule has 4 nitrogen and oxygen atoms in total. The number of hydrogen-bond acceptors (Lipinski definition) is 3. The molecule has 0 amide bonds. The van der Waals surface area contributed by atoms with E-state index >= 15 is 0 Å². The standard InChI is InChI=1S/C16H25N3O/c1-16(2,3)15(17)18-14-7-5-4-6-13(14)12-19-8-10-20-11-9-19/h4-7H,8-12H2,1-3H3,(H2,17,18). The molecule has 0 spiro atoms. The molecule has 0 aliphatic carbocycles. The van der Waals surface area contributed by atoms with Crippen molar-refractivity contribution in [3.05, 3.63) is 29.8 Å². The van der Waals surface area contributed by atoms with Crippen LogP contribution in [0.3, 0.4) is 0 Å². The monoisotopic (exact) mass is 275 g/mol. The number of morpholine rings is 1. The summed E-state index contributed by atoms with van der Waals surface area (Å²) in [6.45, 7) is 10.6. The van der Waals surface area contributed by atoms with Gasteiger partial charge < -0.3 is 10.1 Å². The zero-order valence-corrected chi connectivity index (χ0v) is 12.7. The molecule has 0 bridgehead atoms. The van der Waals surface area contributed by atoms with Crippen LogP contribution >= 0.6 is 0 Å². The van der Waals surface area contributed by atoms with Crippen molar-refractivity contribution in [3.63, 3.8) is 0 Å². The highest BCUT2D eigenvalue weighted by Crippen LogP contribution is 2.22. The minimum absolute atomic E-state index is 0.161. The van der Waals surface area contributed by atoms with E-state index in [1.165, 1.54) is 5.56 Å². The first-order valence-electron chi connectivity index (χ1n) is 7.21. The molecular weight excluding hydrogens is 250 g/mol. The molecule has 1 aromatic rings. The average molecular weight is 275 g/mol. The number of hydrogen-bond donors (Lipinski definition) is 2. The van der Waals surface area contributed by atoms with Gasteiger partial charge in [-0.2, -0.15) is 0 Å².